The van der Waals surface area contributed by atoms with Crippen LogP contribution in [0.2, 0.25) is 0 Å². The molecule has 0 radical (unpaired) electrons. The fourth-order valence-electron chi connectivity index (χ4n) is 4.03. The van der Waals surface area contributed by atoms with Crippen LogP contribution in [0.25, 0.3) is 0 Å². The fourth-order valence-corrected chi connectivity index (χ4v) is 4.03. The number of pyridine rings is 1. The van der Waals surface area contributed by atoms with E-state index in [1.54, 1.807) is 25.6 Å². The molecule has 6 heteroatoms. The molecule has 0 saturated carbocycles. The predicted molar refractivity (Wildman–Crippen MR) is 109 cm³/mol. The maximum absolute atomic E-state index is 10.4. The van der Waals surface area contributed by atoms with Crippen LogP contribution in [0, 0.1) is 6.92 Å². The number of fused-ring (bicyclic) bond motifs is 3. The first-order valence-corrected chi connectivity index (χ1v) is 9.55. The number of benzene rings is 2. The van der Waals surface area contributed by atoms with Crippen molar-refractivity contribution in [3.8, 4) is 17.2 Å². The van der Waals surface area contributed by atoms with E-state index in [-0.39, 0.29) is 11.8 Å². The van der Waals surface area contributed by atoms with Gasteiger partial charge in [-0.2, -0.15) is 5.10 Å². The van der Waals surface area contributed by atoms with Crippen molar-refractivity contribution in [2.45, 2.75) is 25.6 Å². The molecule has 0 aliphatic carbocycles. The minimum atomic E-state index is -0.429. The molecule has 2 atom stereocenters. The van der Waals surface area contributed by atoms with Gasteiger partial charge in [-0.25, -0.2) is 5.01 Å². The zero-order chi connectivity index (χ0) is 20.0. The highest BCUT2D eigenvalue weighted by Crippen LogP contribution is 2.50. The molecule has 29 heavy (non-hydrogen) atoms. The zero-order valence-corrected chi connectivity index (χ0v) is 16.2. The fraction of sp³-hybridized carbons (Fsp3) is 0.217. The Labute approximate surface area is 169 Å². The van der Waals surface area contributed by atoms with Crippen molar-refractivity contribution in [1.29, 1.82) is 0 Å². The molecule has 0 spiro atoms. The van der Waals surface area contributed by atoms with Gasteiger partial charge < -0.3 is 14.6 Å². The Bertz CT molecular complexity index is 1100. The van der Waals surface area contributed by atoms with Crippen molar-refractivity contribution in [1.82, 2.24) is 9.99 Å². The number of methoxy groups -OCH3 is 1. The average molecular weight is 387 g/mol. The SMILES string of the molecule is COc1cccc2c1OC(c1cccnc1)N1N=C(c3cc(C)ccc3O)CC21. The molecule has 0 fully saturated rings. The topological polar surface area (TPSA) is 67.2 Å². The van der Waals surface area contributed by atoms with E-state index in [0.29, 0.717) is 12.2 Å². The molecule has 5 rings (SSSR count). The second-order valence-electron chi connectivity index (χ2n) is 7.30. The van der Waals surface area contributed by atoms with Crippen molar-refractivity contribution in [2.24, 2.45) is 5.10 Å². The molecule has 3 heterocycles. The van der Waals surface area contributed by atoms with Crippen LogP contribution >= 0.6 is 0 Å². The lowest BCUT2D eigenvalue weighted by Gasteiger charge is -2.38. The highest BCUT2D eigenvalue weighted by atomic mass is 16.5. The molecule has 1 N–H and O–H groups in total. The summed E-state index contributed by atoms with van der Waals surface area (Å²) in [5.41, 5.74) is 4.61. The Kier molecular flexibility index (Phi) is 4.12. The number of phenolic OH excluding ortho intramolecular Hbond substituents is 1. The Morgan fingerprint density at radius 3 is 2.86 bits per heavy atom. The number of hydrogen-bond donors (Lipinski definition) is 1. The van der Waals surface area contributed by atoms with Crippen molar-refractivity contribution in [3.05, 3.63) is 83.2 Å². The molecular weight excluding hydrogens is 366 g/mol. The molecule has 2 aliphatic heterocycles. The van der Waals surface area contributed by atoms with Gasteiger partial charge in [-0.3, -0.25) is 4.98 Å². The van der Waals surface area contributed by atoms with Gasteiger partial charge in [0.05, 0.1) is 18.9 Å². The molecule has 0 amide bonds. The summed E-state index contributed by atoms with van der Waals surface area (Å²) in [5, 5.41) is 17.3. The van der Waals surface area contributed by atoms with Crippen LogP contribution in [0.3, 0.4) is 0 Å². The van der Waals surface area contributed by atoms with Gasteiger partial charge >= 0.3 is 0 Å². The Balaban J connectivity index is 1.64. The molecule has 2 aliphatic rings. The number of nitrogens with zero attached hydrogens (tertiary/aromatic N) is 3. The van der Waals surface area contributed by atoms with Crippen LogP contribution in [0.15, 0.2) is 66.0 Å². The monoisotopic (exact) mass is 387 g/mol. The van der Waals surface area contributed by atoms with Gasteiger partial charge in [0.25, 0.3) is 0 Å². The molecule has 146 valence electrons. The van der Waals surface area contributed by atoms with Crippen LogP contribution in [0.5, 0.6) is 17.2 Å². The summed E-state index contributed by atoms with van der Waals surface area (Å²) in [4.78, 5) is 4.25. The molecule has 3 aromatic rings. The van der Waals surface area contributed by atoms with E-state index in [9.17, 15) is 5.11 Å². The highest BCUT2D eigenvalue weighted by Gasteiger charge is 2.42. The summed E-state index contributed by atoms with van der Waals surface area (Å²) < 4.78 is 11.9. The van der Waals surface area contributed by atoms with Gasteiger partial charge in [-0.05, 0) is 31.2 Å². The lowest BCUT2D eigenvalue weighted by atomic mass is 9.95. The van der Waals surface area contributed by atoms with Crippen molar-refractivity contribution in [3.63, 3.8) is 0 Å². The van der Waals surface area contributed by atoms with E-state index in [0.717, 1.165) is 33.7 Å². The Morgan fingerprint density at radius 2 is 2.07 bits per heavy atom. The third-order valence-corrected chi connectivity index (χ3v) is 5.43. The summed E-state index contributed by atoms with van der Waals surface area (Å²) in [5.74, 6) is 1.66. The number of rotatable bonds is 3. The van der Waals surface area contributed by atoms with E-state index in [1.807, 2.05) is 54.4 Å². The zero-order valence-electron chi connectivity index (χ0n) is 16.2. The Hall–Kier alpha value is -3.54. The van der Waals surface area contributed by atoms with Gasteiger partial charge in [0.15, 0.2) is 11.5 Å². The van der Waals surface area contributed by atoms with E-state index >= 15 is 0 Å². The van der Waals surface area contributed by atoms with Crippen molar-refractivity contribution < 1.29 is 14.6 Å². The van der Waals surface area contributed by atoms with Gasteiger partial charge in [-0.15, -0.1) is 0 Å². The minimum Gasteiger partial charge on any atom is -0.507 e. The largest absolute Gasteiger partial charge is 0.507 e. The maximum Gasteiger partial charge on any atom is 0.215 e. The van der Waals surface area contributed by atoms with E-state index < -0.39 is 6.23 Å². The highest BCUT2D eigenvalue weighted by molar-refractivity contribution is 6.04. The van der Waals surface area contributed by atoms with Crippen LogP contribution in [-0.2, 0) is 0 Å². The molecule has 2 aromatic carbocycles. The summed E-state index contributed by atoms with van der Waals surface area (Å²) in [6, 6.07) is 15.3. The predicted octanol–water partition coefficient (Wildman–Crippen LogP) is 4.35. The van der Waals surface area contributed by atoms with Gasteiger partial charge in [-0.1, -0.05) is 29.8 Å². The normalized spacial score (nSPS) is 19.8. The number of para-hydroxylation sites is 1. The first kappa shape index (κ1) is 17.6. The van der Waals surface area contributed by atoms with Crippen LogP contribution in [0.1, 0.15) is 40.9 Å². The third kappa shape index (κ3) is 2.88. The number of ether oxygens (including phenoxy) is 2. The molecule has 6 nitrogen and oxygen atoms in total. The summed E-state index contributed by atoms with van der Waals surface area (Å²) >= 11 is 0. The molecule has 2 unspecified atom stereocenters. The lowest BCUT2D eigenvalue weighted by Crippen LogP contribution is -2.33. The van der Waals surface area contributed by atoms with Crippen LogP contribution < -0.4 is 9.47 Å². The minimum absolute atomic E-state index is 0.0195. The third-order valence-electron chi connectivity index (χ3n) is 5.43. The summed E-state index contributed by atoms with van der Waals surface area (Å²) in [6.07, 6.45) is 3.76. The van der Waals surface area contributed by atoms with E-state index in [1.165, 1.54) is 0 Å². The quantitative estimate of drug-likeness (QED) is 0.724. The number of aromatic hydroxyl groups is 1. The van der Waals surface area contributed by atoms with Gasteiger partial charge in [0.1, 0.15) is 5.75 Å². The molecular formula is C23H21N3O3. The maximum atomic E-state index is 10.4. The standard InChI is InChI=1S/C23H21N3O3/c1-14-8-9-20(27)17(11-14)18-12-19-16-6-3-7-21(28-2)22(16)29-23(26(19)25-18)15-5-4-10-24-13-15/h3-11,13,19,23,27H,12H2,1-2H3. The number of hydrogen-bond acceptors (Lipinski definition) is 6. The average Bonchev–Trinajstić information content (AvgIpc) is 3.20. The number of aromatic nitrogens is 1. The van der Waals surface area contributed by atoms with Crippen LogP contribution in [-0.4, -0.2) is 27.9 Å². The van der Waals surface area contributed by atoms with Crippen molar-refractivity contribution >= 4 is 5.71 Å². The number of aryl methyl sites for hydroxylation is 1. The van der Waals surface area contributed by atoms with E-state index in [2.05, 4.69) is 4.98 Å². The number of phenols is 1. The molecule has 1 aromatic heterocycles. The second-order valence-corrected chi connectivity index (χ2v) is 7.30. The van der Waals surface area contributed by atoms with Crippen LogP contribution in [0.4, 0.5) is 0 Å². The van der Waals surface area contributed by atoms with Crippen molar-refractivity contribution in [2.75, 3.05) is 7.11 Å². The Morgan fingerprint density at radius 1 is 1.17 bits per heavy atom. The van der Waals surface area contributed by atoms with Gasteiger partial charge in [0, 0.05) is 35.5 Å². The molecule has 0 bridgehead atoms. The number of hydrazone groups is 1. The summed E-state index contributed by atoms with van der Waals surface area (Å²) in [6.45, 7) is 2.01. The summed E-state index contributed by atoms with van der Waals surface area (Å²) in [7, 11) is 1.64. The molecule has 0 saturated heterocycles. The first-order valence-electron chi connectivity index (χ1n) is 9.55. The first-order chi connectivity index (χ1) is 14.2. The van der Waals surface area contributed by atoms with Gasteiger partial charge in [0.2, 0.25) is 6.23 Å². The smallest absolute Gasteiger partial charge is 0.215 e. The van der Waals surface area contributed by atoms with E-state index in [4.69, 9.17) is 14.6 Å². The second kappa shape index (κ2) is 6.81. The lowest BCUT2D eigenvalue weighted by molar-refractivity contribution is -0.0211.